The largest absolute Gasteiger partial charge is 1.00 e. The number of rotatable bonds is 4. The van der Waals surface area contributed by atoms with Gasteiger partial charge in [-0.1, -0.05) is 0 Å². The van der Waals surface area contributed by atoms with E-state index in [1.54, 1.807) is 0 Å². The van der Waals surface area contributed by atoms with Crippen LogP contribution >= 0.6 is 0 Å². The Bertz CT molecular complexity index is 674. The van der Waals surface area contributed by atoms with Crippen molar-refractivity contribution in [3.05, 3.63) is 65.2 Å². The predicted molar refractivity (Wildman–Crippen MR) is 88.2 cm³/mol. The van der Waals surface area contributed by atoms with Gasteiger partial charge in [0.1, 0.15) is 0 Å². The van der Waals surface area contributed by atoms with Crippen LogP contribution in [-0.4, -0.2) is 9.04 Å². The normalized spacial score (nSPS) is 15.1. The number of allylic oxidation sites excluding steroid dienone is 1. The molecule has 0 saturated heterocycles. The van der Waals surface area contributed by atoms with Crippen LogP contribution in [-0.2, 0) is 26.2 Å². The van der Waals surface area contributed by atoms with Crippen molar-refractivity contribution in [3.63, 3.8) is 0 Å². The molecule has 5 heteroatoms. The van der Waals surface area contributed by atoms with Gasteiger partial charge in [0, 0.05) is 0 Å². The Labute approximate surface area is 165 Å². The van der Waals surface area contributed by atoms with Crippen LogP contribution in [0.3, 0.4) is 0 Å². The molecule has 0 amide bonds. The SMILES string of the molecule is CC1=Cc2c(-c3ccccc3)cccc2[CH]1[Zr+2][O][SiH](C)C.[Cl-].[Cl-]. The van der Waals surface area contributed by atoms with Gasteiger partial charge in [0.2, 0.25) is 0 Å². The van der Waals surface area contributed by atoms with E-state index >= 15 is 0 Å². The summed E-state index contributed by atoms with van der Waals surface area (Å²) in [6, 6.07) is 17.4. The van der Waals surface area contributed by atoms with E-state index in [1.807, 2.05) is 0 Å². The van der Waals surface area contributed by atoms with Crippen molar-refractivity contribution in [2.45, 2.75) is 23.6 Å². The third kappa shape index (κ3) is 4.67. The minimum Gasteiger partial charge on any atom is -1.00 e. The van der Waals surface area contributed by atoms with Gasteiger partial charge in [-0.25, -0.2) is 0 Å². The van der Waals surface area contributed by atoms with Crippen LogP contribution in [0.2, 0.25) is 13.1 Å². The molecule has 0 spiro atoms. The van der Waals surface area contributed by atoms with E-state index in [9.17, 15) is 0 Å². The van der Waals surface area contributed by atoms with E-state index in [0.717, 1.165) is 0 Å². The van der Waals surface area contributed by atoms with E-state index in [2.05, 4.69) is 74.6 Å². The van der Waals surface area contributed by atoms with Crippen LogP contribution in [0.5, 0.6) is 0 Å². The predicted octanol–water partition coefficient (Wildman–Crippen LogP) is -1.18. The molecule has 2 aromatic carbocycles. The van der Waals surface area contributed by atoms with Gasteiger partial charge in [-0.2, -0.15) is 0 Å². The second-order valence-electron chi connectivity index (χ2n) is 5.78. The summed E-state index contributed by atoms with van der Waals surface area (Å²) >= 11 is -0.820. The smallest absolute Gasteiger partial charge is 1.00 e. The van der Waals surface area contributed by atoms with E-state index in [-0.39, 0.29) is 24.8 Å². The zero-order valence-corrected chi connectivity index (χ0v) is 18.6. The Kier molecular flexibility index (Phi) is 8.47. The maximum absolute atomic E-state index is 6.17. The Hall–Kier alpha value is -0.180. The van der Waals surface area contributed by atoms with Gasteiger partial charge in [-0.3, -0.25) is 0 Å². The first-order chi connectivity index (χ1) is 10.2. The molecule has 1 unspecified atom stereocenters. The summed E-state index contributed by atoms with van der Waals surface area (Å²) in [6.07, 6.45) is 2.38. The fraction of sp³-hybridized carbons (Fsp3) is 0.222. The van der Waals surface area contributed by atoms with Crippen molar-refractivity contribution in [1.29, 1.82) is 0 Å². The summed E-state index contributed by atoms with van der Waals surface area (Å²) in [5.41, 5.74) is 7.07. The second kappa shape index (κ2) is 9.34. The average molecular weight is 443 g/mol. The van der Waals surface area contributed by atoms with Crippen LogP contribution in [0.4, 0.5) is 0 Å². The summed E-state index contributed by atoms with van der Waals surface area (Å²) in [5.74, 6) is 0. The Balaban J connectivity index is 0.00000132. The first-order valence-corrected chi connectivity index (χ1v) is 12.6. The molecule has 2 aromatic rings. The number of fused-ring (bicyclic) bond motifs is 1. The van der Waals surface area contributed by atoms with Crippen molar-refractivity contribution in [3.8, 4) is 11.1 Å². The van der Waals surface area contributed by atoms with Gasteiger partial charge in [0.15, 0.2) is 0 Å². The van der Waals surface area contributed by atoms with E-state index < -0.39 is 32.7 Å². The summed E-state index contributed by atoms with van der Waals surface area (Å²) < 4.78 is 6.77. The van der Waals surface area contributed by atoms with Crippen molar-refractivity contribution in [1.82, 2.24) is 0 Å². The summed E-state index contributed by atoms with van der Waals surface area (Å²) in [4.78, 5) is 0. The molecular formula is C18H20Cl2OSiZr. The number of benzene rings is 2. The molecule has 1 aliphatic rings. The summed E-state index contributed by atoms with van der Waals surface area (Å²) in [5, 5.41) is 0. The van der Waals surface area contributed by atoms with Gasteiger partial charge < -0.3 is 24.8 Å². The fourth-order valence-electron chi connectivity index (χ4n) is 2.78. The molecule has 0 fully saturated rings. The topological polar surface area (TPSA) is 9.23 Å². The molecule has 1 atom stereocenters. The molecule has 3 rings (SSSR count). The van der Waals surface area contributed by atoms with Gasteiger partial charge >= 0.3 is 141 Å². The van der Waals surface area contributed by atoms with E-state index in [0.29, 0.717) is 3.63 Å². The number of halogens is 2. The first-order valence-electron chi connectivity index (χ1n) is 7.44. The summed E-state index contributed by atoms with van der Waals surface area (Å²) in [6.45, 7) is 6.82. The first kappa shape index (κ1) is 20.9. The van der Waals surface area contributed by atoms with E-state index in [4.69, 9.17) is 2.50 Å². The molecule has 0 N–H and O–H groups in total. The number of hydrogen-bond donors (Lipinski definition) is 0. The maximum Gasteiger partial charge on any atom is -1.00 e. The zero-order chi connectivity index (χ0) is 14.8. The van der Waals surface area contributed by atoms with Crippen LogP contribution in [0.25, 0.3) is 17.2 Å². The minimum atomic E-state index is -0.892. The molecule has 23 heavy (non-hydrogen) atoms. The van der Waals surface area contributed by atoms with Gasteiger partial charge in [0.25, 0.3) is 0 Å². The van der Waals surface area contributed by atoms with Gasteiger partial charge in [-0.05, 0) is 0 Å². The van der Waals surface area contributed by atoms with Crippen LogP contribution in [0.15, 0.2) is 54.1 Å². The number of hydrogen-bond acceptors (Lipinski definition) is 1. The van der Waals surface area contributed by atoms with Crippen LogP contribution in [0.1, 0.15) is 21.7 Å². The van der Waals surface area contributed by atoms with E-state index in [1.165, 1.54) is 27.8 Å². The molecule has 0 heterocycles. The monoisotopic (exact) mass is 440 g/mol. The standard InChI is InChI=1S/C16H13.C2H7OSi.2ClH.Zr/c1-12-10-14-8-5-9-15(16(14)11-12)13-6-3-2-4-7-13;1-4(2)3;;;/h2-11H,1H3;4H,1-2H3;2*1H;/q;-1;;;+3/p-2. The second-order valence-corrected chi connectivity index (χ2v) is 11.9. The minimum absolute atomic E-state index is 0. The third-order valence-electron chi connectivity index (χ3n) is 3.78. The molecule has 0 saturated carbocycles. The van der Waals surface area contributed by atoms with Crippen molar-refractivity contribution in [2.75, 3.05) is 0 Å². The molecule has 0 aliphatic heterocycles. The quantitative estimate of drug-likeness (QED) is 0.542. The summed E-state index contributed by atoms with van der Waals surface area (Å²) in [7, 11) is -0.892. The molecule has 120 valence electrons. The fourth-order valence-corrected chi connectivity index (χ4v) is 7.79. The van der Waals surface area contributed by atoms with Crippen molar-refractivity contribution >= 4 is 15.1 Å². The Morgan fingerprint density at radius 2 is 1.65 bits per heavy atom. The molecular weight excluding hydrogens is 422 g/mol. The molecule has 1 aliphatic carbocycles. The molecule has 0 aromatic heterocycles. The third-order valence-corrected chi connectivity index (χ3v) is 11.3. The zero-order valence-electron chi connectivity index (χ0n) is 13.5. The van der Waals surface area contributed by atoms with Gasteiger partial charge in [-0.15, -0.1) is 0 Å². The molecule has 1 nitrogen and oxygen atoms in total. The Morgan fingerprint density at radius 3 is 2.30 bits per heavy atom. The molecule has 0 bridgehead atoms. The average Bonchev–Trinajstić information content (AvgIpc) is 2.81. The van der Waals surface area contributed by atoms with Crippen LogP contribution in [0, 0.1) is 0 Å². The molecule has 0 radical (unpaired) electrons. The van der Waals surface area contributed by atoms with Gasteiger partial charge in [0.05, 0.1) is 0 Å². The van der Waals surface area contributed by atoms with Crippen molar-refractivity contribution < 1.29 is 51.0 Å². The maximum atomic E-state index is 6.17. The van der Waals surface area contributed by atoms with Crippen LogP contribution < -0.4 is 24.8 Å². The Morgan fingerprint density at radius 1 is 0.957 bits per heavy atom. The van der Waals surface area contributed by atoms with Crippen molar-refractivity contribution in [2.24, 2.45) is 0 Å².